The number of piperazine rings is 1. The van der Waals surface area contributed by atoms with E-state index in [4.69, 9.17) is 0 Å². The maximum atomic E-state index is 9.63. The zero-order valence-electron chi connectivity index (χ0n) is 16.0. The molecule has 0 amide bonds. The first-order valence-corrected chi connectivity index (χ1v) is 9.65. The number of hydrogen-bond donors (Lipinski definition) is 2. The zero-order chi connectivity index (χ0) is 18.8. The molecule has 1 aromatic heterocycles. The molecule has 2 aliphatic rings. The monoisotopic (exact) mass is 365 g/mol. The van der Waals surface area contributed by atoms with Crippen LogP contribution in [0, 0.1) is 0 Å². The summed E-state index contributed by atoms with van der Waals surface area (Å²) in [6, 6.07) is 10.9. The molecule has 2 atom stereocenters. The first kappa shape index (κ1) is 17.9. The third kappa shape index (κ3) is 3.82. The van der Waals surface area contributed by atoms with Crippen LogP contribution in [0.4, 0.5) is 17.2 Å². The van der Waals surface area contributed by atoms with Crippen LogP contribution < -0.4 is 10.2 Å². The molecule has 142 valence electrons. The summed E-state index contributed by atoms with van der Waals surface area (Å²) in [7, 11) is 0. The molecular formula is C21H27N5O. The van der Waals surface area contributed by atoms with Crippen LogP contribution in [0.15, 0.2) is 41.5 Å². The first-order chi connectivity index (χ1) is 13.1. The zero-order valence-corrected chi connectivity index (χ0v) is 16.0. The van der Waals surface area contributed by atoms with Gasteiger partial charge in [-0.05, 0) is 43.2 Å². The first-order valence-electron chi connectivity index (χ1n) is 9.65. The molecule has 2 aliphatic heterocycles. The third-order valence-corrected chi connectivity index (χ3v) is 5.56. The predicted molar refractivity (Wildman–Crippen MR) is 110 cm³/mol. The summed E-state index contributed by atoms with van der Waals surface area (Å²) in [6.45, 7) is 8.74. The number of benzene rings is 1. The number of nitrogens with zero attached hydrogens (tertiary/aromatic N) is 4. The number of pyridine rings is 1. The fourth-order valence-electron chi connectivity index (χ4n) is 3.75. The second-order valence-electron chi connectivity index (χ2n) is 7.29. The molecule has 1 fully saturated rings. The average Bonchev–Trinajstić information content (AvgIpc) is 2.73. The van der Waals surface area contributed by atoms with E-state index in [1.165, 1.54) is 5.56 Å². The molecule has 0 bridgehead atoms. The van der Waals surface area contributed by atoms with Crippen LogP contribution in [0.25, 0.3) is 0 Å². The highest BCUT2D eigenvalue weighted by Crippen LogP contribution is 2.32. The van der Waals surface area contributed by atoms with Gasteiger partial charge in [-0.2, -0.15) is 0 Å². The Balaban J connectivity index is 1.39. The van der Waals surface area contributed by atoms with Crippen molar-refractivity contribution in [3.8, 4) is 0 Å². The maximum Gasteiger partial charge on any atom is 0.128 e. The van der Waals surface area contributed by atoms with Crippen molar-refractivity contribution in [2.24, 2.45) is 4.99 Å². The van der Waals surface area contributed by atoms with Crippen molar-refractivity contribution in [3.63, 3.8) is 0 Å². The van der Waals surface area contributed by atoms with Gasteiger partial charge in [0.2, 0.25) is 0 Å². The Morgan fingerprint density at radius 2 is 1.81 bits per heavy atom. The molecule has 27 heavy (non-hydrogen) atoms. The number of anilines is 2. The molecule has 2 unspecified atom stereocenters. The number of fused-ring (bicyclic) bond motifs is 1. The largest absolute Gasteiger partial charge is 0.389 e. The molecule has 3 heterocycles. The van der Waals surface area contributed by atoms with Gasteiger partial charge < -0.3 is 15.3 Å². The summed E-state index contributed by atoms with van der Waals surface area (Å²) < 4.78 is 0. The van der Waals surface area contributed by atoms with Crippen LogP contribution in [-0.4, -0.2) is 53.9 Å². The van der Waals surface area contributed by atoms with Crippen molar-refractivity contribution in [3.05, 3.63) is 47.7 Å². The summed E-state index contributed by atoms with van der Waals surface area (Å²) in [4.78, 5) is 13.9. The van der Waals surface area contributed by atoms with Crippen molar-refractivity contribution in [1.82, 2.24) is 9.88 Å². The lowest BCUT2D eigenvalue weighted by Gasteiger charge is -2.39. The Kier molecular flexibility index (Phi) is 5.09. The van der Waals surface area contributed by atoms with E-state index >= 15 is 0 Å². The van der Waals surface area contributed by atoms with Crippen LogP contribution in [-0.2, 0) is 0 Å². The molecule has 6 heteroatoms. The van der Waals surface area contributed by atoms with Crippen LogP contribution in [0.3, 0.4) is 0 Å². The van der Waals surface area contributed by atoms with Gasteiger partial charge in [0.15, 0.2) is 0 Å². The van der Waals surface area contributed by atoms with Crippen molar-refractivity contribution >= 4 is 23.4 Å². The molecule has 0 spiro atoms. The minimum Gasteiger partial charge on any atom is -0.389 e. The van der Waals surface area contributed by atoms with Crippen molar-refractivity contribution in [2.45, 2.75) is 26.0 Å². The van der Waals surface area contributed by atoms with Gasteiger partial charge in [-0.1, -0.05) is 12.1 Å². The summed E-state index contributed by atoms with van der Waals surface area (Å²) in [5.41, 5.74) is 4.31. The van der Waals surface area contributed by atoms with Crippen LogP contribution in [0.2, 0.25) is 0 Å². The number of aliphatic hydroxyl groups is 1. The molecule has 1 saturated heterocycles. The second kappa shape index (κ2) is 7.66. The van der Waals surface area contributed by atoms with Crippen LogP contribution in [0.1, 0.15) is 37.1 Å². The Bertz CT molecular complexity index is 810. The minimum atomic E-state index is -0.472. The second-order valence-corrected chi connectivity index (χ2v) is 7.29. The SMILES string of the molecule is CC(O)c1ccc(N2CCN(C(C)c3ccc4c(c3)N=CCN4)CC2)nc1. The predicted octanol–water partition coefficient (Wildman–Crippen LogP) is 3.15. The number of rotatable bonds is 4. The smallest absolute Gasteiger partial charge is 0.128 e. The molecule has 4 rings (SSSR count). The highest BCUT2D eigenvalue weighted by atomic mass is 16.3. The van der Waals surface area contributed by atoms with Gasteiger partial charge in [-0.25, -0.2) is 4.98 Å². The van der Waals surface area contributed by atoms with Gasteiger partial charge >= 0.3 is 0 Å². The molecular weight excluding hydrogens is 338 g/mol. The Labute approximate surface area is 160 Å². The van der Waals surface area contributed by atoms with Gasteiger partial charge in [-0.15, -0.1) is 0 Å². The fourth-order valence-corrected chi connectivity index (χ4v) is 3.75. The summed E-state index contributed by atoms with van der Waals surface area (Å²) >= 11 is 0. The standard InChI is InChI=1S/C21H27N5O/c1-15(17-3-5-19-20(13-17)23-8-7-22-19)25-9-11-26(12-10-25)21-6-4-18(14-24-21)16(2)27/h3-6,8,13-16,22,27H,7,9-12H2,1-2H3. The van der Waals surface area contributed by atoms with E-state index in [0.717, 1.165) is 55.5 Å². The summed E-state index contributed by atoms with van der Waals surface area (Å²) in [5, 5.41) is 13.0. The minimum absolute atomic E-state index is 0.361. The van der Waals surface area contributed by atoms with Crippen LogP contribution >= 0.6 is 0 Å². The van der Waals surface area contributed by atoms with E-state index < -0.39 is 6.10 Å². The third-order valence-electron chi connectivity index (χ3n) is 5.56. The van der Waals surface area contributed by atoms with Gasteiger partial charge in [0.25, 0.3) is 0 Å². The summed E-state index contributed by atoms with van der Waals surface area (Å²) in [6.07, 6.45) is 3.22. The number of aliphatic hydroxyl groups excluding tert-OH is 1. The average molecular weight is 365 g/mol. The van der Waals surface area contributed by atoms with Gasteiger partial charge in [0.05, 0.1) is 24.0 Å². The normalized spacial score (nSPS) is 19.3. The van der Waals surface area contributed by atoms with Crippen molar-refractivity contribution in [2.75, 3.05) is 42.9 Å². The Morgan fingerprint density at radius 1 is 1.04 bits per heavy atom. The molecule has 2 N–H and O–H groups in total. The van der Waals surface area contributed by atoms with E-state index in [1.54, 1.807) is 13.1 Å². The van der Waals surface area contributed by atoms with Gasteiger partial charge in [0.1, 0.15) is 5.82 Å². The van der Waals surface area contributed by atoms with Gasteiger partial charge in [0, 0.05) is 44.6 Å². The Morgan fingerprint density at radius 3 is 2.52 bits per heavy atom. The van der Waals surface area contributed by atoms with E-state index in [2.05, 4.69) is 50.2 Å². The Hall–Kier alpha value is -2.44. The number of nitrogens with one attached hydrogen (secondary N) is 1. The fraction of sp³-hybridized carbons (Fsp3) is 0.429. The van der Waals surface area contributed by atoms with E-state index in [0.29, 0.717) is 6.04 Å². The highest BCUT2D eigenvalue weighted by molar-refractivity contribution is 5.80. The summed E-state index contributed by atoms with van der Waals surface area (Å²) in [5.74, 6) is 0.987. The molecule has 6 nitrogen and oxygen atoms in total. The van der Waals surface area contributed by atoms with E-state index in [-0.39, 0.29) is 0 Å². The van der Waals surface area contributed by atoms with E-state index in [9.17, 15) is 5.11 Å². The lowest BCUT2D eigenvalue weighted by molar-refractivity contribution is 0.197. The number of aliphatic imine (C=N–C) groups is 1. The molecule has 1 aromatic carbocycles. The number of aromatic nitrogens is 1. The van der Waals surface area contributed by atoms with E-state index in [1.807, 2.05) is 18.3 Å². The lowest BCUT2D eigenvalue weighted by atomic mass is 10.0. The van der Waals surface area contributed by atoms with Gasteiger partial charge in [-0.3, -0.25) is 9.89 Å². The van der Waals surface area contributed by atoms with Crippen molar-refractivity contribution in [1.29, 1.82) is 0 Å². The maximum absolute atomic E-state index is 9.63. The molecule has 0 radical (unpaired) electrons. The molecule has 2 aromatic rings. The molecule has 0 aliphatic carbocycles. The van der Waals surface area contributed by atoms with Crippen LogP contribution in [0.5, 0.6) is 0 Å². The van der Waals surface area contributed by atoms with Crippen molar-refractivity contribution < 1.29 is 5.11 Å². The quantitative estimate of drug-likeness (QED) is 0.871. The molecule has 0 saturated carbocycles. The lowest BCUT2D eigenvalue weighted by Crippen LogP contribution is -2.47. The number of hydrogen-bond acceptors (Lipinski definition) is 6. The highest BCUT2D eigenvalue weighted by Gasteiger charge is 2.23. The topological polar surface area (TPSA) is 64.0 Å².